The van der Waals surface area contributed by atoms with E-state index in [0.717, 1.165) is 29.2 Å². The van der Waals surface area contributed by atoms with Gasteiger partial charge in [0.2, 0.25) is 0 Å². The summed E-state index contributed by atoms with van der Waals surface area (Å²) in [6, 6.07) is 14.1. The van der Waals surface area contributed by atoms with E-state index in [1.165, 1.54) is 12.8 Å². The Morgan fingerprint density at radius 1 is 1.10 bits per heavy atom. The molecule has 1 amide bonds. The van der Waals surface area contributed by atoms with Crippen LogP contribution in [-0.4, -0.2) is 18.5 Å². The Morgan fingerprint density at radius 2 is 1.86 bits per heavy atom. The minimum absolute atomic E-state index is 0.00423. The molecule has 0 aromatic heterocycles. The molecule has 0 heterocycles. The number of fused-ring (bicyclic) bond motifs is 1. The van der Waals surface area contributed by atoms with Gasteiger partial charge in [-0.05, 0) is 35.6 Å². The van der Waals surface area contributed by atoms with Gasteiger partial charge < -0.3 is 11.1 Å². The van der Waals surface area contributed by atoms with Gasteiger partial charge in [-0.25, -0.2) is 0 Å². The summed E-state index contributed by atoms with van der Waals surface area (Å²) in [7, 11) is 0. The molecule has 0 spiro atoms. The average Bonchev–Trinajstić information content (AvgIpc) is 2.53. The molecule has 1 aliphatic carbocycles. The lowest BCUT2D eigenvalue weighted by Gasteiger charge is -2.28. The van der Waals surface area contributed by atoms with Crippen molar-refractivity contribution in [2.75, 3.05) is 6.54 Å². The summed E-state index contributed by atoms with van der Waals surface area (Å²) in [6.07, 6.45) is 4.64. The first-order valence-electron chi connectivity index (χ1n) is 7.77. The monoisotopic (exact) mass is 282 g/mol. The van der Waals surface area contributed by atoms with Crippen LogP contribution in [0.2, 0.25) is 0 Å². The number of nitrogens with one attached hydrogen (secondary N) is 1. The second-order valence-electron chi connectivity index (χ2n) is 5.95. The molecule has 1 aliphatic rings. The summed E-state index contributed by atoms with van der Waals surface area (Å²) in [6.45, 7) is 0.684. The van der Waals surface area contributed by atoms with Gasteiger partial charge in [-0.1, -0.05) is 49.2 Å². The number of carbonyl (C=O) groups excluding carboxylic acids is 1. The van der Waals surface area contributed by atoms with Gasteiger partial charge in [-0.2, -0.15) is 0 Å². The van der Waals surface area contributed by atoms with Crippen molar-refractivity contribution in [2.45, 2.75) is 31.7 Å². The Morgan fingerprint density at radius 3 is 2.71 bits per heavy atom. The maximum absolute atomic E-state index is 12.5. The summed E-state index contributed by atoms with van der Waals surface area (Å²) in [5.41, 5.74) is 6.89. The summed E-state index contributed by atoms with van der Waals surface area (Å²) < 4.78 is 0. The zero-order valence-corrected chi connectivity index (χ0v) is 12.2. The third-order valence-electron chi connectivity index (χ3n) is 4.53. The Labute approximate surface area is 125 Å². The standard InChI is InChI=1S/C18H22N2O/c19-17-11-4-2-7-14(17)12-20-18(21)16-10-5-8-13-6-1-3-9-15(13)16/h1,3,5-6,8-10,14,17H,2,4,7,11-12,19H2,(H,20,21). The van der Waals surface area contributed by atoms with Crippen molar-refractivity contribution in [3.63, 3.8) is 0 Å². The predicted octanol–water partition coefficient (Wildman–Crippen LogP) is 3.09. The van der Waals surface area contributed by atoms with Crippen LogP contribution in [-0.2, 0) is 0 Å². The fraction of sp³-hybridized carbons (Fsp3) is 0.389. The quantitative estimate of drug-likeness (QED) is 0.909. The van der Waals surface area contributed by atoms with Crippen molar-refractivity contribution in [3.05, 3.63) is 48.0 Å². The summed E-state index contributed by atoms with van der Waals surface area (Å²) in [5, 5.41) is 5.17. The van der Waals surface area contributed by atoms with E-state index in [0.29, 0.717) is 12.5 Å². The normalized spacial score (nSPS) is 22.1. The summed E-state index contributed by atoms with van der Waals surface area (Å²) in [4.78, 5) is 12.5. The maximum atomic E-state index is 12.5. The number of carbonyl (C=O) groups is 1. The van der Waals surface area contributed by atoms with Crippen molar-refractivity contribution in [3.8, 4) is 0 Å². The van der Waals surface area contributed by atoms with Crippen LogP contribution in [0.15, 0.2) is 42.5 Å². The molecule has 2 unspecified atom stereocenters. The number of hydrogen-bond acceptors (Lipinski definition) is 2. The molecule has 1 saturated carbocycles. The molecule has 3 N–H and O–H groups in total. The molecule has 0 radical (unpaired) electrons. The van der Waals surface area contributed by atoms with Crippen molar-refractivity contribution in [1.29, 1.82) is 0 Å². The zero-order chi connectivity index (χ0) is 14.7. The highest BCUT2D eigenvalue weighted by atomic mass is 16.1. The summed E-state index contributed by atoms with van der Waals surface area (Å²) in [5.74, 6) is 0.419. The van der Waals surface area contributed by atoms with E-state index in [1.54, 1.807) is 0 Å². The fourth-order valence-corrected chi connectivity index (χ4v) is 3.23. The van der Waals surface area contributed by atoms with E-state index in [4.69, 9.17) is 5.73 Å². The highest BCUT2D eigenvalue weighted by molar-refractivity contribution is 6.06. The number of amides is 1. The number of benzene rings is 2. The zero-order valence-electron chi connectivity index (χ0n) is 12.2. The Bertz CT molecular complexity index is 633. The van der Waals surface area contributed by atoms with Crippen molar-refractivity contribution in [2.24, 2.45) is 11.7 Å². The maximum Gasteiger partial charge on any atom is 0.251 e. The van der Waals surface area contributed by atoms with Gasteiger partial charge >= 0.3 is 0 Å². The number of rotatable bonds is 3. The van der Waals surface area contributed by atoms with Crippen molar-refractivity contribution >= 4 is 16.7 Å². The van der Waals surface area contributed by atoms with Gasteiger partial charge in [0.05, 0.1) is 0 Å². The third kappa shape index (κ3) is 3.08. The lowest BCUT2D eigenvalue weighted by atomic mass is 9.85. The van der Waals surface area contributed by atoms with Gasteiger partial charge in [0.1, 0.15) is 0 Å². The van der Waals surface area contributed by atoms with Crippen LogP contribution >= 0.6 is 0 Å². The van der Waals surface area contributed by atoms with E-state index in [9.17, 15) is 4.79 Å². The Balaban J connectivity index is 1.72. The first-order chi connectivity index (χ1) is 10.3. The lowest BCUT2D eigenvalue weighted by molar-refractivity contribution is 0.0943. The van der Waals surface area contributed by atoms with Gasteiger partial charge in [-0.3, -0.25) is 4.79 Å². The second kappa shape index (κ2) is 6.27. The predicted molar refractivity (Wildman–Crippen MR) is 86.2 cm³/mol. The van der Waals surface area contributed by atoms with Crippen LogP contribution in [0, 0.1) is 5.92 Å². The molecule has 21 heavy (non-hydrogen) atoms. The first kappa shape index (κ1) is 14.1. The molecule has 1 fully saturated rings. The minimum atomic E-state index is 0.00423. The second-order valence-corrected chi connectivity index (χ2v) is 5.95. The van der Waals surface area contributed by atoms with Gasteiger partial charge in [0.25, 0.3) is 5.91 Å². The number of hydrogen-bond donors (Lipinski definition) is 2. The molecule has 3 heteroatoms. The average molecular weight is 282 g/mol. The highest BCUT2D eigenvalue weighted by Crippen LogP contribution is 2.23. The molecular formula is C18H22N2O. The Kier molecular flexibility index (Phi) is 4.20. The van der Waals surface area contributed by atoms with Crippen LogP contribution in [0.1, 0.15) is 36.0 Å². The van der Waals surface area contributed by atoms with Gasteiger partial charge in [0, 0.05) is 18.2 Å². The molecular weight excluding hydrogens is 260 g/mol. The molecule has 0 bridgehead atoms. The van der Waals surface area contributed by atoms with Gasteiger partial charge in [-0.15, -0.1) is 0 Å². The summed E-state index contributed by atoms with van der Waals surface area (Å²) >= 11 is 0. The molecule has 0 saturated heterocycles. The topological polar surface area (TPSA) is 55.1 Å². The molecule has 0 aliphatic heterocycles. The van der Waals surface area contributed by atoms with Crippen LogP contribution in [0.25, 0.3) is 10.8 Å². The highest BCUT2D eigenvalue weighted by Gasteiger charge is 2.22. The van der Waals surface area contributed by atoms with Crippen molar-refractivity contribution in [1.82, 2.24) is 5.32 Å². The van der Waals surface area contributed by atoms with E-state index in [1.807, 2.05) is 42.5 Å². The molecule has 2 aromatic carbocycles. The van der Waals surface area contributed by atoms with Crippen LogP contribution in [0.5, 0.6) is 0 Å². The molecule has 3 rings (SSSR count). The Hall–Kier alpha value is -1.87. The molecule has 3 nitrogen and oxygen atoms in total. The first-order valence-corrected chi connectivity index (χ1v) is 7.77. The SMILES string of the molecule is NC1CCCCC1CNC(=O)c1cccc2ccccc12. The molecule has 2 aromatic rings. The largest absolute Gasteiger partial charge is 0.352 e. The van der Waals surface area contributed by atoms with Crippen LogP contribution in [0.3, 0.4) is 0 Å². The molecule has 2 atom stereocenters. The number of nitrogens with two attached hydrogens (primary N) is 1. The van der Waals surface area contributed by atoms with E-state index < -0.39 is 0 Å². The smallest absolute Gasteiger partial charge is 0.251 e. The van der Waals surface area contributed by atoms with Crippen molar-refractivity contribution < 1.29 is 4.79 Å². The van der Waals surface area contributed by atoms with E-state index in [-0.39, 0.29) is 11.9 Å². The third-order valence-corrected chi connectivity index (χ3v) is 4.53. The minimum Gasteiger partial charge on any atom is -0.352 e. The lowest BCUT2D eigenvalue weighted by Crippen LogP contribution is -2.41. The van der Waals surface area contributed by atoms with E-state index in [2.05, 4.69) is 5.32 Å². The van der Waals surface area contributed by atoms with Crippen LogP contribution in [0.4, 0.5) is 0 Å². The molecule has 110 valence electrons. The van der Waals surface area contributed by atoms with E-state index >= 15 is 0 Å². The van der Waals surface area contributed by atoms with Crippen LogP contribution < -0.4 is 11.1 Å². The van der Waals surface area contributed by atoms with Gasteiger partial charge in [0.15, 0.2) is 0 Å². The fourth-order valence-electron chi connectivity index (χ4n) is 3.23.